The van der Waals surface area contributed by atoms with Crippen LogP contribution < -0.4 is 5.32 Å². The van der Waals surface area contributed by atoms with Crippen molar-refractivity contribution in [1.82, 2.24) is 5.32 Å². The third-order valence-corrected chi connectivity index (χ3v) is 3.20. The van der Waals surface area contributed by atoms with E-state index in [2.05, 4.69) is 5.32 Å². The molecule has 0 fully saturated rings. The number of hydrogen-bond acceptors (Lipinski definition) is 2. The van der Waals surface area contributed by atoms with Gasteiger partial charge in [-0.25, -0.2) is 0 Å². The maximum Gasteiger partial charge on any atom is 0.389 e. The number of alkyl halides is 3. The third-order valence-electron chi connectivity index (χ3n) is 3.20. The highest BCUT2D eigenvalue weighted by Crippen LogP contribution is 2.23. The van der Waals surface area contributed by atoms with E-state index in [0.717, 1.165) is 5.56 Å². The van der Waals surface area contributed by atoms with Crippen molar-refractivity contribution >= 4 is 0 Å². The van der Waals surface area contributed by atoms with Crippen LogP contribution in [-0.2, 0) is 4.74 Å². The van der Waals surface area contributed by atoms with E-state index in [1.54, 1.807) is 0 Å². The van der Waals surface area contributed by atoms with E-state index >= 15 is 0 Å². The number of aryl methyl sites for hydroxylation is 1. The monoisotopic (exact) mass is 289 g/mol. The van der Waals surface area contributed by atoms with E-state index in [1.807, 2.05) is 45.2 Å². The molecule has 0 amide bonds. The number of halogens is 3. The molecule has 0 heterocycles. The summed E-state index contributed by atoms with van der Waals surface area (Å²) in [7, 11) is 1.82. The van der Waals surface area contributed by atoms with Crippen LogP contribution in [0.5, 0.6) is 0 Å². The predicted octanol–water partition coefficient (Wildman–Crippen LogP) is 4.00. The third kappa shape index (κ3) is 5.92. The quantitative estimate of drug-likeness (QED) is 0.766. The van der Waals surface area contributed by atoms with Gasteiger partial charge >= 0.3 is 6.18 Å². The molecule has 0 saturated carbocycles. The van der Waals surface area contributed by atoms with Crippen molar-refractivity contribution in [3.63, 3.8) is 0 Å². The number of likely N-dealkylation sites (N-methyl/N-ethyl adjacent to an activating group) is 1. The fourth-order valence-electron chi connectivity index (χ4n) is 2.08. The minimum absolute atomic E-state index is 0.00181. The first-order valence-electron chi connectivity index (χ1n) is 6.75. The second kappa shape index (κ2) is 7.64. The molecule has 0 radical (unpaired) electrons. The number of benzene rings is 1. The SMILES string of the molecule is CNC(c1ccc(C)cc1)C(C)OCCCC(F)(F)F. The summed E-state index contributed by atoms with van der Waals surface area (Å²) in [5.41, 5.74) is 2.24. The Bertz CT molecular complexity index is 389. The molecule has 1 aromatic rings. The standard InChI is InChI=1S/C15H22F3NO/c1-11-5-7-13(8-6-11)14(19-3)12(2)20-10-4-9-15(16,17)18/h5-8,12,14,19H,4,9-10H2,1-3H3. The van der Waals surface area contributed by atoms with Gasteiger partial charge in [0.05, 0.1) is 12.1 Å². The molecule has 0 spiro atoms. The largest absolute Gasteiger partial charge is 0.389 e. The van der Waals surface area contributed by atoms with Gasteiger partial charge in [-0.15, -0.1) is 0 Å². The molecule has 0 saturated heterocycles. The van der Waals surface area contributed by atoms with Crippen LogP contribution in [-0.4, -0.2) is 25.9 Å². The van der Waals surface area contributed by atoms with Crippen LogP contribution in [0.3, 0.4) is 0 Å². The number of nitrogens with one attached hydrogen (secondary N) is 1. The van der Waals surface area contributed by atoms with Gasteiger partial charge in [0.25, 0.3) is 0 Å². The van der Waals surface area contributed by atoms with Crippen molar-refractivity contribution in [2.75, 3.05) is 13.7 Å². The van der Waals surface area contributed by atoms with E-state index < -0.39 is 12.6 Å². The molecule has 0 aliphatic carbocycles. The molecule has 1 N–H and O–H groups in total. The van der Waals surface area contributed by atoms with Crippen LogP contribution in [0.2, 0.25) is 0 Å². The molecule has 2 nitrogen and oxygen atoms in total. The van der Waals surface area contributed by atoms with Gasteiger partial charge < -0.3 is 10.1 Å². The second-order valence-corrected chi connectivity index (χ2v) is 4.97. The Morgan fingerprint density at radius 3 is 2.30 bits per heavy atom. The average molecular weight is 289 g/mol. The molecule has 20 heavy (non-hydrogen) atoms. The first-order valence-corrected chi connectivity index (χ1v) is 6.75. The molecule has 0 aliphatic rings. The van der Waals surface area contributed by atoms with Crippen molar-refractivity contribution < 1.29 is 17.9 Å². The van der Waals surface area contributed by atoms with Crippen LogP contribution in [0.4, 0.5) is 13.2 Å². The summed E-state index contributed by atoms with van der Waals surface area (Å²) in [5, 5.41) is 3.15. The van der Waals surface area contributed by atoms with Gasteiger partial charge in [-0.3, -0.25) is 0 Å². The Kier molecular flexibility index (Phi) is 6.49. The average Bonchev–Trinajstić information content (AvgIpc) is 2.37. The lowest BCUT2D eigenvalue weighted by Gasteiger charge is -2.24. The van der Waals surface area contributed by atoms with E-state index in [4.69, 9.17) is 4.74 Å². The predicted molar refractivity (Wildman–Crippen MR) is 73.7 cm³/mol. The van der Waals surface area contributed by atoms with Crippen LogP contribution >= 0.6 is 0 Å². The molecule has 0 aromatic heterocycles. The summed E-state index contributed by atoms with van der Waals surface area (Å²) in [6, 6.07) is 8.01. The fourth-order valence-corrected chi connectivity index (χ4v) is 2.08. The van der Waals surface area contributed by atoms with Gasteiger partial charge in [-0.05, 0) is 32.9 Å². The minimum Gasteiger partial charge on any atom is -0.377 e. The summed E-state index contributed by atoms with van der Waals surface area (Å²) in [5.74, 6) is 0. The smallest absolute Gasteiger partial charge is 0.377 e. The molecule has 2 unspecified atom stereocenters. The highest BCUT2D eigenvalue weighted by molar-refractivity contribution is 5.24. The summed E-state index contributed by atoms with van der Waals surface area (Å²) >= 11 is 0. The van der Waals surface area contributed by atoms with Crippen molar-refractivity contribution in [2.45, 2.75) is 45.0 Å². The molecule has 0 aliphatic heterocycles. The van der Waals surface area contributed by atoms with Gasteiger partial charge in [0.1, 0.15) is 0 Å². The van der Waals surface area contributed by atoms with Crippen molar-refractivity contribution in [2.24, 2.45) is 0 Å². The van der Waals surface area contributed by atoms with Crippen LogP contribution in [0.25, 0.3) is 0 Å². The van der Waals surface area contributed by atoms with Crippen molar-refractivity contribution in [3.8, 4) is 0 Å². The maximum atomic E-state index is 12.0. The molecular weight excluding hydrogens is 267 g/mol. The summed E-state index contributed by atoms with van der Waals surface area (Å²) in [6.45, 7) is 3.99. The first-order chi connectivity index (χ1) is 9.33. The lowest BCUT2D eigenvalue weighted by Crippen LogP contribution is -2.30. The Labute approximate surface area is 118 Å². The van der Waals surface area contributed by atoms with Gasteiger partial charge in [-0.1, -0.05) is 29.8 Å². The lowest BCUT2D eigenvalue weighted by atomic mass is 10.0. The number of ether oxygens (including phenoxy) is 1. The van der Waals surface area contributed by atoms with Crippen LogP contribution in [0, 0.1) is 6.92 Å². The van der Waals surface area contributed by atoms with E-state index in [-0.39, 0.29) is 25.2 Å². The zero-order valence-electron chi connectivity index (χ0n) is 12.1. The number of rotatable bonds is 7. The van der Waals surface area contributed by atoms with Gasteiger partial charge in [0, 0.05) is 13.0 Å². The molecule has 0 bridgehead atoms. The normalized spacial score (nSPS) is 15.1. The van der Waals surface area contributed by atoms with Gasteiger partial charge in [0.15, 0.2) is 0 Å². The Balaban J connectivity index is 2.47. The first kappa shape index (κ1) is 17.0. The van der Waals surface area contributed by atoms with Crippen LogP contribution in [0.15, 0.2) is 24.3 Å². The summed E-state index contributed by atoms with van der Waals surface area (Å²) in [4.78, 5) is 0. The Morgan fingerprint density at radius 2 is 1.80 bits per heavy atom. The topological polar surface area (TPSA) is 21.3 Å². The minimum atomic E-state index is -4.11. The van der Waals surface area contributed by atoms with E-state index in [1.165, 1.54) is 5.56 Å². The number of hydrogen-bond donors (Lipinski definition) is 1. The van der Waals surface area contributed by atoms with E-state index in [0.29, 0.717) is 0 Å². The van der Waals surface area contributed by atoms with Crippen molar-refractivity contribution in [3.05, 3.63) is 35.4 Å². The van der Waals surface area contributed by atoms with Gasteiger partial charge in [0.2, 0.25) is 0 Å². The zero-order valence-corrected chi connectivity index (χ0v) is 12.1. The zero-order chi connectivity index (χ0) is 15.2. The molecule has 2 atom stereocenters. The van der Waals surface area contributed by atoms with Gasteiger partial charge in [-0.2, -0.15) is 13.2 Å². The fraction of sp³-hybridized carbons (Fsp3) is 0.600. The molecule has 1 aromatic carbocycles. The molecule has 5 heteroatoms. The van der Waals surface area contributed by atoms with Crippen molar-refractivity contribution in [1.29, 1.82) is 0 Å². The summed E-state index contributed by atoms with van der Waals surface area (Å²) < 4.78 is 41.6. The highest BCUT2D eigenvalue weighted by atomic mass is 19.4. The lowest BCUT2D eigenvalue weighted by molar-refractivity contribution is -0.139. The summed E-state index contributed by atoms with van der Waals surface area (Å²) in [6.07, 6.45) is -5.09. The van der Waals surface area contributed by atoms with Crippen LogP contribution in [0.1, 0.15) is 36.9 Å². The maximum absolute atomic E-state index is 12.0. The molecule has 1 rings (SSSR count). The Morgan fingerprint density at radius 1 is 1.20 bits per heavy atom. The Hall–Kier alpha value is -1.07. The second-order valence-electron chi connectivity index (χ2n) is 4.97. The molecular formula is C15H22F3NO. The highest BCUT2D eigenvalue weighted by Gasteiger charge is 2.26. The molecule has 114 valence electrons. The van der Waals surface area contributed by atoms with E-state index in [9.17, 15) is 13.2 Å².